The Morgan fingerprint density at radius 2 is 1.65 bits per heavy atom. The molecule has 3 rings (SSSR count). The zero-order valence-corrected chi connectivity index (χ0v) is 11.1. The van der Waals surface area contributed by atoms with Crippen LogP contribution in [0.3, 0.4) is 0 Å². The van der Waals surface area contributed by atoms with Crippen LogP contribution in [0.2, 0.25) is 0 Å². The molecule has 1 saturated heterocycles. The third-order valence-electron chi connectivity index (χ3n) is 3.17. The van der Waals surface area contributed by atoms with Crippen molar-refractivity contribution in [2.75, 3.05) is 18.0 Å². The van der Waals surface area contributed by atoms with Crippen LogP contribution >= 0.6 is 15.9 Å². The number of aromatic nitrogens is 2. The Hall–Kier alpha value is -1.29. The van der Waals surface area contributed by atoms with Crippen molar-refractivity contribution >= 4 is 21.6 Å². The van der Waals surface area contributed by atoms with Gasteiger partial charge in [-0.15, -0.1) is 0 Å². The summed E-state index contributed by atoms with van der Waals surface area (Å²) in [6.07, 6.45) is 6.41. The van der Waals surface area contributed by atoms with Crippen LogP contribution in [0.15, 0.2) is 41.4 Å². The van der Waals surface area contributed by atoms with Crippen LogP contribution < -0.4 is 4.90 Å². The molecule has 1 fully saturated rings. The van der Waals surface area contributed by atoms with Crippen molar-refractivity contribution in [1.82, 2.24) is 9.55 Å². The Kier molecular flexibility index (Phi) is 2.89. The first-order valence-corrected chi connectivity index (χ1v) is 6.67. The molecule has 1 aliphatic heterocycles. The summed E-state index contributed by atoms with van der Waals surface area (Å²) >= 11 is 3.36. The van der Waals surface area contributed by atoms with Crippen molar-refractivity contribution in [2.45, 2.75) is 12.8 Å². The molecule has 0 amide bonds. The normalized spacial score (nSPS) is 15.5. The summed E-state index contributed by atoms with van der Waals surface area (Å²) in [5.74, 6) is 0. The molecule has 0 unspecified atom stereocenters. The number of benzene rings is 1. The van der Waals surface area contributed by atoms with Crippen molar-refractivity contribution in [3.05, 3.63) is 41.4 Å². The first-order chi connectivity index (χ1) is 8.33. The molecule has 0 bridgehead atoms. The van der Waals surface area contributed by atoms with Crippen LogP contribution in [0.25, 0.3) is 5.69 Å². The second-order valence-corrected chi connectivity index (χ2v) is 5.13. The number of hydrogen-bond acceptors (Lipinski definition) is 2. The van der Waals surface area contributed by atoms with Crippen LogP contribution in [-0.4, -0.2) is 22.6 Å². The second-order valence-electron chi connectivity index (χ2n) is 4.31. The van der Waals surface area contributed by atoms with E-state index in [2.05, 4.69) is 50.1 Å². The summed E-state index contributed by atoms with van der Waals surface area (Å²) in [5, 5.41) is 0. The molecule has 0 spiro atoms. The number of imidazole rings is 1. The lowest BCUT2D eigenvalue weighted by Crippen LogP contribution is -2.17. The van der Waals surface area contributed by atoms with Gasteiger partial charge < -0.3 is 9.47 Å². The fraction of sp³-hybridized carbons (Fsp3) is 0.308. The maximum Gasteiger partial charge on any atom is 0.124 e. The van der Waals surface area contributed by atoms with Gasteiger partial charge in [-0.1, -0.05) is 0 Å². The van der Waals surface area contributed by atoms with Gasteiger partial charge in [0.25, 0.3) is 0 Å². The van der Waals surface area contributed by atoms with Crippen molar-refractivity contribution in [3.8, 4) is 5.69 Å². The fourth-order valence-corrected chi connectivity index (χ4v) is 2.56. The lowest BCUT2D eigenvalue weighted by Gasteiger charge is -2.17. The lowest BCUT2D eigenvalue weighted by atomic mass is 10.2. The maximum atomic E-state index is 4.16. The summed E-state index contributed by atoms with van der Waals surface area (Å²) in [7, 11) is 0. The monoisotopic (exact) mass is 291 g/mol. The predicted molar refractivity (Wildman–Crippen MR) is 72.7 cm³/mol. The molecule has 0 N–H and O–H groups in total. The Morgan fingerprint density at radius 3 is 2.24 bits per heavy atom. The Balaban J connectivity index is 1.84. The molecule has 1 aromatic carbocycles. The van der Waals surface area contributed by atoms with E-state index in [0.29, 0.717) is 0 Å². The van der Waals surface area contributed by atoms with E-state index < -0.39 is 0 Å². The van der Waals surface area contributed by atoms with E-state index in [1.807, 2.05) is 17.1 Å². The van der Waals surface area contributed by atoms with Crippen molar-refractivity contribution in [1.29, 1.82) is 0 Å². The summed E-state index contributed by atoms with van der Waals surface area (Å²) in [6.45, 7) is 2.38. The minimum atomic E-state index is 0.862. The zero-order valence-electron chi connectivity index (χ0n) is 9.51. The molecule has 3 nitrogen and oxygen atoms in total. The number of hydrogen-bond donors (Lipinski definition) is 0. The smallest absolute Gasteiger partial charge is 0.124 e. The Labute approximate surface area is 109 Å². The minimum Gasteiger partial charge on any atom is -0.372 e. The number of nitrogens with zero attached hydrogens (tertiary/aromatic N) is 3. The average Bonchev–Trinajstić information content (AvgIpc) is 3.00. The van der Waals surface area contributed by atoms with Gasteiger partial charge >= 0.3 is 0 Å². The predicted octanol–water partition coefficient (Wildman–Crippen LogP) is 3.24. The van der Waals surface area contributed by atoms with Crippen LogP contribution in [0, 0.1) is 0 Å². The second kappa shape index (κ2) is 4.53. The molecule has 17 heavy (non-hydrogen) atoms. The largest absolute Gasteiger partial charge is 0.372 e. The molecule has 2 aromatic rings. The van der Waals surface area contributed by atoms with Crippen molar-refractivity contribution in [2.24, 2.45) is 0 Å². The van der Waals surface area contributed by atoms with Crippen LogP contribution in [0.5, 0.6) is 0 Å². The highest BCUT2D eigenvalue weighted by Crippen LogP contribution is 2.22. The summed E-state index contributed by atoms with van der Waals surface area (Å²) in [5.41, 5.74) is 2.47. The highest BCUT2D eigenvalue weighted by Gasteiger charge is 2.11. The highest BCUT2D eigenvalue weighted by atomic mass is 79.9. The van der Waals surface area contributed by atoms with Gasteiger partial charge in [0, 0.05) is 30.7 Å². The van der Waals surface area contributed by atoms with E-state index in [4.69, 9.17) is 0 Å². The van der Waals surface area contributed by atoms with E-state index in [9.17, 15) is 0 Å². The van der Waals surface area contributed by atoms with Gasteiger partial charge in [-0.3, -0.25) is 0 Å². The molecule has 1 aromatic heterocycles. The lowest BCUT2D eigenvalue weighted by molar-refractivity contribution is 0.949. The molecule has 1 aliphatic rings. The van der Waals surface area contributed by atoms with E-state index in [1.165, 1.54) is 31.6 Å². The fourth-order valence-electron chi connectivity index (χ4n) is 2.25. The van der Waals surface area contributed by atoms with Crippen LogP contribution in [0.4, 0.5) is 5.69 Å². The Morgan fingerprint density at radius 1 is 1.00 bits per heavy atom. The first-order valence-electron chi connectivity index (χ1n) is 5.88. The Bertz CT molecular complexity index is 498. The van der Waals surface area contributed by atoms with Gasteiger partial charge in [-0.2, -0.15) is 0 Å². The molecule has 0 aliphatic carbocycles. The van der Waals surface area contributed by atoms with E-state index >= 15 is 0 Å². The van der Waals surface area contributed by atoms with Gasteiger partial charge in [0.05, 0.1) is 0 Å². The zero-order chi connectivity index (χ0) is 11.7. The van der Waals surface area contributed by atoms with E-state index in [-0.39, 0.29) is 0 Å². The van der Waals surface area contributed by atoms with E-state index in [1.54, 1.807) is 0 Å². The molecule has 0 saturated carbocycles. The number of rotatable bonds is 2. The van der Waals surface area contributed by atoms with Gasteiger partial charge in [0.1, 0.15) is 10.9 Å². The standard InChI is InChI=1S/C13H14BrN3/c14-13-9-17(10-15-13)12-5-3-11(4-6-12)16-7-1-2-8-16/h3-6,9-10H,1-2,7-8H2. The topological polar surface area (TPSA) is 21.1 Å². The first kappa shape index (κ1) is 10.8. The van der Waals surface area contributed by atoms with Crippen LogP contribution in [-0.2, 0) is 0 Å². The van der Waals surface area contributed by atoms with Crippen molar-refractivity contribution in [3.63, 3.8) is 0 Å². The van der Waals surface area contributed by atoms with Gasteiger partial charge in [0.15, 0.2) is 0 Å². The quantitative estimate of drug-likeness (QED) is 0.847. The van der Waals surface area contributed by atoms with Gasteiger partial charge in [-0.05, 0) is 53.0 Å². The average molecular weight is 292 g/mol. The molecule has 4 heteroatoms. The van der Waals surface area contributed by atoms with Crippen molar-refractivity contribution < 1.29 is 0 Å². The molecule has 88 valence electrons. The summed E-state index contributed by atoms with van der Waals surface area (Å²) in [6, 6.07) is 8.66. The number of halogens is 1. The summed E-state index contributed by atoms with van der Waals surface area (Å²) in [4.78, 5) is 6.60. The highest BCUT2D eigenvalue weighted by molar-refractivity contribution is 9.10. The van der Waals surface area contributed by atoms with Crippen LogP contribution in [0.1, 0.15) is 12.8 Å². The van der Waals surface area contributed by atoms with Gasteiger partial charge in [-0.25, -0.2) is 4.98 Å². The summed E-state index contributed by atoms with van der Waals surface area (Å²) < 4.78 is 2.87. The SMILES string of the molecule is Brc1cn(-c2ccc(N3CCCC3)cc2)cn1. The minimum absolute atomic E-state index is 0.862. The third kappa shape index (κ3) is 2.22. The maximum absolute atomic E-state index is 4.16. The van der Waals surface area contributed by atoms with E-state index in [0.717, 1.165) is 10.3 Å². The molecular formula is C13H14BrN3. The molecule has 2 heterocycles. The molecular weight excluding hydrogens is 278 g/mol. The van der Waals surface area contributed by atoms with Gasteiger partial charge in [0.2, 0.25) is 0 Å². The number of anilines is 1. The third-order valence-corrected chi connectivity index (χ3v) is 3.58. The molecule has 0 radical (unpaired) electrons. The molecule has 0 atom stereocenters.